The third-order valence-electron chi connectivity index (χ3n) is 2.65. The first-order valence-electron chi connectivity index (χ1n) is 5.58. The zero-order chi connectivity index (χ0) is 15.8. The fourth-order valence-electron chi connectivity index (χ4n) is 1.68. The molecule has 0 aliphatic rings. The summed E-state index contributed by atoms with van der Waals surface area (Å²) in [5.74, 6) is -0.340. The third-order valence-corrected chi connectivity index (χ3v) is 6.05. The Morgan fingerprint density at radius 2 is 1.95 bits per heavy atom. The number of amides is 1. The van der Waals surface area contributed by atoms with Crippen molar-refractivity contribution in [3.63, 3.8) is 0 Å². The fourth-order valence-corrected chi connectivity index (χ4v) is 5.28. The molecule has 2 rings (SSSR count). The molecule has 1 heterocycles. The van der Waals surface area contributed by atoms with E-state index in [0.29, 0.717) is 20.6 Å². The van der Waals surface area contributed by atoms with E-state index in [0.717, 1.165) is 3.79 Å². The van der Waals surface area contributed by atoms with Crippen molar-refractivity contribution in [3.8, 4) is 0 Å². The van der Waals surface area contributed by atoms with Gasteiger partial charge in [0.1, 0.15) is 0 Å². The zero-order valence-corrected chi connectivity index (χ0v) is 15.5. The van der Waals surface area contributed by atoms with E-state index in [1.165, 1.54) is 17.4 Å². The summed E-state index contributed by atoms with van der Waals surface area (Å²) in [6.45, 7) is 1.64. The van der Waals surface area contributed by atoms with Gasteiger partial charge in [0.05, 0.1) is 18.0 Å². The van der Waals surface area contributed by atoms with Crippen molar-refractivity contribution in [3.05, 3.63) is 43.0 Å². The van der Waals surface area contributed by atoms with Crippen LogP contribution >= 0.6 is 43.2 Å². The monoisotopic (exact) mass is 452 g/mol. The Labute approximate surface area is 142 Å². The van der Waals surface area contributed by atoms with Gasteiger partial charge >= 0.3 is 0 Å². The van der Waals surface area contributed by atoms with Crippen molar-refractivity contribution < 1.29 is 13.2 Å². The van der Waals surface area contributed by atoms with Crippen LogP contribution in [0.15, 0.2) is 36.7 Å². The lowest BCUT2D eigenvalue weighted by molar-refractivity contribution is 0.102. The zero-order valence-electron chi connectivity index (χ0n) is 10.7. The van der Waals surface area contributed by atoms with Crippen LogP contribution in [0, 0.1) is 6.92 Å². The number of nitrogens with one attached hydrogen (secondary N) is 1. The average Bonchev–Trinajstić information content (AvgIpc) is 2.69. The number of anilines is 1. The molecule has 5 nitrogen and oxygen atoms in total. The number of rotatable bonds is 3. The summed E-state index contributed by atoms with van der Waals surface area (Å²) in [6, 6.07) is 6.24. The molecule has 1 aromatic heterocycles. The molecule has 0 bridgehead atoms. The van der Waals surface area contributed by atoms with E-state index in [1.807, 2.05) is 0 Å². The second kappa shape index (κ2) is 6.17. The molecule has 1 aromatic carbocycles. The number of sulfonamides is 1. The van der Waals surface area contributed by atoms with Crippen LogP contribution in [0.5, 0.6) is 0 Å². The number of primary sulfonamides is 1. The highest BCUT2D eigenvalue weighted by Crippen LogP contribution is 2.32. The Kier molecular flexibility index (Phi) is 4.89. The van der Waals surface area contributed by atoms with Crippen LogP contribution in [-0.2, 0) is 10.0 Å². The topological polar surface area (TPSA) is 89.3 Å². The lowest BCUT2D eigenvalue weighted by Crippen LogP contribution is -2.16. The van der Waals surface area contributed by atoms with Gasteiger partial charge < -0.3 is 5.32 Å². The maximum atomic E-state index is 12.2. The molecule has 2 aromatic rings. The van der Waals surface area contributed by atoms with Gasteiger partial charge in [-0.2, -0.15) is 0 Å². The summed E-state index contributed by atoms with van der Waals surface area (Å²) in [7, 11) is -3.83. The molecule has 0 unspecified atom stereocenters. The van der Waals surface area contributed by atoms with Crippen LogP contribution in [0.25, 0.3) is 0 Å². The number of benzene rings is 1. The van der Waals surface area contributed by atoms with Crippen LogP contribution in [0.3, 0.4) is 0 Å². The second-order valence-electron chi connectivity index (χ2n) is 4.22. The molecular formula is C12H10Br2N2O3S2. The van der Waals surface area contributed by atoms with Crippen molar-refractivity contribution in [2.45, 2.75) is 11.8 Å². The van der Waals surface area contributed by atoms with Gasteiger partial charge in [-0.15, -0.1) is 11.3 Å². The van der Waals surface area contributed by atoms with Crippen molar-refractivity contribution in [1.82, 2.24) is 0 Å². The van der Waals surface area contributed by atoms with Crippen LogP contribution in [0.4, 0.5) is 5.69 Å². The molecule has 1 amide bonds. The summed E-state index contributed by atoms with van der Waals surface area (Å²) in [5.41, 5.74) is 1.35. The Hall–Kier alpha value is -0.740. The van der Waals surface area contributed by atoms with Gasteiger partial charge in [-0.25, -0.2) is 13.6 Å². The molecule has 0 aliphatic heterocycles. The van der Waals surface area contributed by atoms with E-state index in [9.17, 15) is 13.2 Å². The standard InChI is InChI=1S/C12H10Br2N2O3S2/c1-6-2-3-7(4-9(6)21(15,18)19)16-12(17)8-5-10(13)20-11(8)14/h2-5H,1H3,(H,16,17)(H2,15,18,19). The number of thiophene rings is 1. The first-order valence-corrected chi connectivity index (χ1v) is 9.53. The first-order chi connectivity index (χ1) is 9.68. The smallest absolute Gasteiger partial charge is 0.257 e. The summed E-state index contributed by atoms with van der Waals surface area (Å²) < 4.78 is 24.4. The SMILES string of the molecule is Cc1ccc(NC(=O)c2cc(Br)sc2Br)cc1S(N)(=O)=O. The maximum Gasteiger partial charge on any atom is 0.257 e. The highest BCUT2D eigenvalue weighted by molar-refractivity contribution is 9.12. The lowest BCUT2D eigenvalue weighted by Gasteiger charge is -2.08. The lowest BCUT2D eigenvalue weighted by atomic mass is 10.2. The number of carbonyl (C=O) groups excluding carboxylic acids is 1. The molecule has 0 saturated carbocycles. The van der Waals surface area contributed by atoms with Gasteiger partial charge in [-0.05, 0) is 62.5 Å². The molecular weight excluding hydrogens is 444 g/mol. The van der Waals surface area contributed by atoms with Crippen LogP contribution in [0.1, 0.15) is 15.9 Å². The molecule has 112 valence electrons. The van der Waals surface area contributed by atoms with Gasteiger partial charge in [0, 0.05) is 5.69 Å². The first kappa shape index (κ1) is 16.6. The molecule has 0 saturated heterocycles. The van der Waals surface area contributed by atoms with Crippen LogP contribution in [-0.4, -0.2) is 14.3 Å². The number of halogens is 2. The van der Waals surface area contributed by atoms with Gasteiger partial charge in [0.25, 0.3) is 5.91 Å². The third kappa shape index (κ3) is 3.92. The highest BCUT2D eigenvalue weighted by Gasteiger charge is 2.16. The molecule has 0 radical (unpaired) electrons. The van der Waals surface area contributed by atoms with Crippen molar-refractivity contribution in [2.24, 2.45) is 5.14 Å². The van der Waals surface area contributed by atoms with E-state index in [-0.39, 0.29) is 10.8 Å². The normalized spacial score (nSPS) is 11.4. The summed E-state index contributed by atoms with van der Waals surface area (Å²) in [6.07, 6.45) is 0. The Morgan fingerprint density at radius 1 is 1.29 bits per heavy atom. The Morgan fingerprint density at radius 3 is 2.48 bits per heavy atom. The summed E-state index contributed by atoms with van der Waals surface area (Å²) >= 11 is 7.97. The Bertz CT molecular complexity index is 816. The summed E-state index contributed by atoms with van der Waals surface area (Å²) in [5, 5.41) is 7.79. The second-order valence-corrected chi connectivity index (χ2v) is 9.50. The minimum absolute atomic E-state index is 0.00846. The van der Waals surface area contributed by atoms with Crippen LogP contribution in [0.2, 0.25) is 0 Å². The van der Waals surface area contributed by atoms with E-state index in [4.69, 9.17) is 5.14 Å². The molecule has 0 aliphatic carbocycles. The van der Waals surface area contributed by atoms with Crippen molar-refractivity contribution in [1.29, 1.82) is 0 Å². The van der Waals surface area contributed by atoms with Crippen molar-refractivity contribution >= 4 is 64.8 Å². The number of hydrogen-bond acceptors (Lipinski definition) is 4. The van der Waals surface area contributed by atoms with E-state index >= 15 is 0 Å². The van der Waals surface area contributed by atoms with Gasteiger partial charge in [0.15, 0.2) is 0 Å². The molecule has 0 spiro atoms. The predicted molar refractivity (Wildman–Crippen MR) is 90.2 cm³/mol. The van der Waals surface area contributed by atoms with Gasteiger partial charge in [-0.1, -0.05) is 6.07 Å². The number of hydrogen-bond donors (Lipinski definition) is 2. The van der Waals surface area contributed by atoms with Crippen LogP contribution < -0.4 is 10.5 Å². The number of carbonyl (C=O) groups is 1. The summed E-state index contributed by atoms with van der Waals surface area (Å²) in [4.78, 5) is 12.1. The predicted octanol–water partition coefficient (Wildman–Crippen LogP) is 3.48. The highest BCUT2D eigenvalue weighted by atomic mass is 79.9. The van der Waals surface area contributed by atoms with E-state index in [1.54, 1.807) is 25.1 Å². The molecule has 0 fully saturated rings. The average molecular weight is 454 g/mol. The maximum absolute atomic E-state index is 12.2. The van der Waals surface area contributed by atoms with Crippen molar-refractivity contribution in [2.75, 3.05) is 5.32 Å². The molecule has 3 N–H and O–H groups in total. The number of aryl methyl sites for hydroxylation is 1. The minimum Gasteiger partial charge on any atom is -0.322 e. The van der Waals surface area contributed by atoms with E-state index in [2.05, 4.69) is 37.2 Å². The Balaban J connectivity index is 2.32. The van der Waals surface area contributed by atoms with E-state index < -0.39 is 10.0 Å². The largest absolute Gasteiger partial charge is 0.322 e. The molecule has 21 heavy (non-hydrogen) atoms. The fraction of sp³-hybridized carbons (Fsp3) is 0.0833. The molecule has 9 heteroatoms. The number of nitrogens with two attached hydrogens (primary N) is 1. The quantitative estimate of drug-likeness (QED) is 0.745. The van der Waals surface area contributed by atoms with Gasteiger partial charge in [-0.3, -0.25) is 4.79 Å². The van der Waals surface area contributed by atoms with Gasteiger partial charge in [0.2, 0.25) is 10.0 Å². The molecule has 0 atom stereocenters. The minimum atomic E-state index is -3.83.